The molecule has 0 unspecified atom stereocenters. The van der Waals surface area contributed by atoms with Crippen LogP contribution in [0.25, 0.3) is 0 Å². The summed E-state index contributed by atoms with van der Waals surface area (Å²) in [6.07, 6.45) is 4.34. The average molecular weight is 149 g/mol. The Bertz CT molecular complexity index is 75.7. The van der Waals surface area contributed by atoms with E-state index in [1.807, 2.05) is 0 Å². The van der Waals surface area contributed by atoms with Gasteiger partial charge in [0.25, 0.3) is 0 Å². The average Bonchev–Trinajstić information content (AvgIpc) is 1.65. The number of quaternary nitrogens is 1. The maximum atomic E-state index is 2.32. The van der Waals surface area contributed by atoms with Gasteiger partial charge >= 0.3 is 0 Å². The van der Waals surface area contributed by atoms with E-state index in [2.05, 4.69) is 14.1 Å². The van der Waals surface area contributed by atoms with E-state index < -0.39 is 0 Å². The van der Waals surface area contributed by atoms with Crippen molar-refractivity contribution in [2.75, 3.05) is 27.2 Å². The SMILES string of the molecule is C[N+]1(C)CCCCC1.O.[OH-]. The van der Waals surface area contributed by atoms with Crippen LogP contribution in [-0.4, -0.2) is 42.6 Å². The van der Waals surface area contributed by atoms with E-state index in [1.165, 1.54) is 36.8 Å². The van der Waals surface area contributed by atoms with Gasteiger partial charge in [-0.15, -0.1) is 0 Å². The largest absolute Gasteiger partial charge is 0.870 e. The van der Waals surface area contributed by atoms with Crippen LogP contribution in [0.15, 0.2) is 0 Å². The van der Waals surface area contributed by atoms with Crippen molar-refractivity contribution < 1.29 is 15.4 Å². The van der Waals surface area contributed by atoms with Crippen LogP contribution >= 0.6 is 0 Å². The van der Waals surface area contributed by atoms with Crippen molar-refractivity contribution in [2.24, 2.45) is 0 Å². The Hall–Kier alpha value is -0.120. The highest BCUT2D eigenvalue weighted by Crippen LogP contribution is 2.11. The van der Waals surface area contributed by atoms with E-state index in [0.717, 1.165) is 0 Å². The van der Waals surface area contributed by atoms with Crippen LogP contribution in [-0.2, 0) is 0 Å². The standard InChI is InChI=1S/C7H16N.2H2O/c1-8(2)6-4-3-5-7-8;;/h3-7H2,1-2H3;2*1H2/q+1;;/p-1. The summed E-state index contributed by atoms with van der Waals surface area (Å²) < 4.78 is 1.25. The molecule has 0 radical (unpaired) electrons. The minimum absolute atomic E-state index is 0. The maximum absolute atomic E-state index is 2.32. The first-order chi connectivity index (χ1) is 3.71. The predicted octanol–water partition coefficient (Wildman–Crippen LogP) is 0.245. The third kappa shape index (κ3) is 3.82. The molecule has 0 aliphatic carbocycles. The van der Waals surface area contributed by atoms with Gasteiger partial charge in [-0.1, -0.05) is 0 Å². The molecule has 0 amide bonds. The van der Waals surface area contributed by atoms with Gasteiger partial charge in [0, 0.05) is 0 Å². The third-order valence-corrected chi connectivity index (χ3v) is 2.03. The summed E-state index contributed by atoms with van der Waals surface area (Å²) in [5.74, 6) is 0. The van der Waals surface area contributed by atoms with Crippen molar-refractivity contribution in [3.8, 4) is 0 Å². The molecule has 1 aliphatic heterocycles. The van der Waals surface area contributed by atoms with Crippen LogP contribution in [0.5, 0.6) is 0 Å². The van der Waals surface area contributed by atoms with Gasteiger partial charge in [-0.05, 0) is 19.3 Å². The molecule has 0 spiro atoms. The van der Waals surface area contributed by atoms with Crippen LogP contribution in [0, 0.1) is 0 Å². The summed E-state index contributed by atoms with van der Waals surface area (Å²) in [4.78, 5) is 0. The molecule has 1 fully saturated rings. The molecule has 3 N–H and O–H groups in total. The second-order valence-corrected chi connectivity index (χ2v) is 3.44. The molecule has 10 heavy (non-hydrogen) atoms. The summed E-state index contributed by atoms with van der Waals surface area (Å²) in [7, 11) is 4.64. The van der Waals surface area contributed by atoms with Gasteiger partial charge in [0.05, 0.1) is 27.2 Å². The zero-order chi connectivity index (χ0) is 6.04. The van der Waals surface area contributed by atoms with Crippen molar-refractivity contribution in [3.05, 3.63) is 0 Å². The minimum atomic E-state index is 0. The van der Waals surface area contributed by atoms with E-state index in [9.17, 15) is 0 Å². The lowest BCUT2D eigenvalue weighted by Crippen LogP contribution is -2.43. The van der Waals surface area contributed by atoms with Crippen LogP contribution in [0.4, 0.5) is 0 Å². The van der Waals surface area contributed by atoms with Crippen molar-refractivity contribution in [2.45, 2.75) is 19.3 Å². The second kappa shape index (κ2) is 4.66. The molecule has 1 heterocycles. The van der Waals surface area contributed by atoms with E-state index >= 15 is 0 Å². The predicted molar refractivity (Wildman–Crippen MR) is 41.2 cm³/mol. The van der Waals surface area contributed by atoms with E-state index in [4.69, 9.17) is 0 Å². The third-order valence-electron chi connectivity index (χ3n) is 2.03. The summed E-state index contributed by atoms with van der Waals surface area (Å²) in [6, 6.07) is 0. The normalized spacial score (nSPS) is 22.2. The molecule has 0 atom stereocenters. The molecule has 0 saturated carbocycles. The maximum Gasteiger partial charge on any atom is 0.0782 e. The van der Waals surface area contributed by atoms with Gasteiger partial charge in [-0.25, -0.2) is 0 Å². The number of nitrogens with zero attached hydrogens (tertiary/aromatic N) is 1. The summed E-state index contributed by atoms with van der Waals surface area (Å²) in [5, 5.41) is 0. The molecule has 0 bridgehead atoms. The number of hydrogen-bond acceptors (Lipinski definition) is 1. The monoisotopic (exact) mass is 149 g/mol. The Labute approximate surface area is 62.9 Å². The first-order valence-corrected chi connectivity index (χ1v) is 3.53. The molecule has 0 aromatic rings. The molecule has 3 nitrogen and oxygen atoms in total. The van der Waals surface area contributed by atoms with Gasteiger partial charge in [0.1, 0.15) is 0 Å². The van der Waals surface area contributed by atoms with Crippen molar-refractivity contribution >= 4 is 0 Å². The molecule has 3 heteroatoms. The highest BCUT2D eigenvalue weighted by atomic mass is 16.0. The fourth-order valence-electron chi connectivity index (χ4n) is 1.37. The van der Waals surface area contributed by atoms with E-state index in [-0.39, 0.29) is 11.0 Å². The van der Waals surface area contributed by atoms with Gasteiger partial charge in [0.15, 0.2) is 0 Å². The minimum Gasteiger partial charge on any atom is -0.870 e. The van der Waals surface area contributed by atoms with Crippen LogP contribution < -0.4 is 0 Å². The smallest absolute Gasteiger partial charge is 0.0782 e. The van der Waals surface area contributed by atoms with Gasteiger partial charge in [-0.2, -0.15) is 0 Å². The van der Waals surface area contributed by atoms with Crippen LogP contribution in [0.3, 0.4) is 0 Å². The summed E-state index contributed by atoms with van der Waals surface area (Å²) in [6.45, 7) is 2.78. The van der Waals surface area contributed by atoms with Crippen molar-refractivity contribution in [1.82, 2.24) is 0 Å². The molecule has 64 valence electrons. The second-order valence-electron chi connectivity index (χ2n) is 3.44. The van der Waals surface area contributed by atoms with Crippen LogP contribution in [0.1, 0.15) is 19.3 Å². The molecular formula is C7H19NO2. The number of hydrogen-bond donors (Lipinski definition) is 0. The summed E-state index contributed by atoms with van der Waals surface area (Å²) in [5.41, 5.74) is 0. The fourth-order valence-corrected chi connectivity index (χ4v) is 1.37. The zero-order valence-corrected chi connectivity index (χ0v) is 6.93. The fraction of sp³-hybridized carbons (Fsp3) is 1.00. The Morgan fingerprint density at radius 2 is 1.30 bits per heavy atom. The first-order valence-electron chi connectivity index (χ1n) is 3.53. The van der Waals surface area contributed by atoms with Crippen molar-refractivity contribution in [3.63, 3.8) is 0 Å². The molecule has 1 aliphatic rings. The molecule has 1 rings (SSSR count). The van der Waals surface area contributed by atoms with E-state index in [0.29, 0.717) is 0 Å². The Balaban J connectivity index is 0. The number of rotatable bonds is 0. The molecular weight excluding hydrogens is 130 g/mol. The van der Waals surface area contributed by atoms with E-state index in [1.54, 1.807) is 0 Å². The topological polar surface area (TPSA) is 61.5 Å². The van der Waals surface area contributed by atoms with Gasteiger partial charge in [-0.3, -0.25) is 0 Å². The zero-order valence-electron chi connectivity index (χ0n) is 6.93. The lowest BCUT2D eigenvalue weighted by molar-refractivity contribution is -0.894. The molecule has 1 saturated heterocycles. The van der Waals surface area contributed by atoms with Gasteiger partial charge < -0.3 is 15.4 Å². The van der Waals surface area contributed by atoms with Gasteiger partial charge in [0.2, 0.25) is 0 Å². The highest BCUT2D eigenvalue weighted by Gasteiger charge is 2.17. The Kier molecular flexibility index (Phi) is 5.84. The highest BCUT2D eigenvalue weighted by molar-refractivity contribution is 4.47. The van der Waals surface area contributed by atoms with Crippen molar-refractivity contribution in [1.29, 1.82) is 0 Å². The number of piperidine rings is 1. The lowest BCUT2D eigenvalue weighted by Gasteiger charge is -2.33. The Morgan fingerprint density at radius 1 is 0.900 bits per heavy atom. The lowest BCUT2D eigenvalue weighted by atomic mass is 10.1. The number of likely N-dealkylation sites (tertiary alicyclic amines) is 1. The summed E-state index contributed by atoms with van der Waals surface area (Å²) >= 11 is 0. The van der Waals surface area contributed by atoms with Crippen LogP contribution in [0.2, 0.25) is 0 Å². The molecule has 0 aromatic carbocycles. The Morgan fingerprint density at radius 3 is 1.50 bits per heavy atom. The molecule has 0 aromatic heterocycles. The first kappa shape index (κ1) is 12.5. The quantitative estimate of drug-likeness (QED) is 0.455.